The zero-order valence-corrected chi connectivity index (χ0v) is 22.7. The van der Waals surface area contributed by atoms with E-state index in [1.165, 1.54) is 19.1 Å². The molecule has 41 heavy (non-hydrogen) atoms. The van der Waals surface area contributed by atoms with Crippen molar-refractivity contribution in [3.63, 3.8) is 0 Å². The Labute approximate surface area is 235 Å². The van der Waals surface area contributed by atoms with Crippen LogP contribution in [0.5, 0.6) is 11.5 Å². The van der Waals surface area contributed by atoms with E-state index in [4.69, 9.17) is 14.2 Å². The van der Waals surface area contributed by atoms with E-state index in [-0.39, 0.29) is 36.0 Å². The maximum Gasteiger partial charge on any atom is 0.422 e. The van der Waals surface area contributed by atoms with E-state index >= 15 is 0 Å². The molecule has 3 heterocycles. The molecule has 2 saturated heterocycles. The molecule has 0 unspecified atom stereocenters. The molecule has 0 saturated carbocycles. The zero-order valence-electron chi connectivity index (χ0n) is 22.7. The molecule has 0 aromatic heterocycles. The molecule has 5 rings (SSSR count). The van der Waals surface area contributed by atoms with E-state index in [1.807, 2.05) is 24.3 Å². The Morgan fingerprint density at radius 1 is 0.976 bits per heavy atom. The van der Waals surface area contributed by atoms with Crippen LogP contribution in [0.15, 0.2) is 42.5 Å². The number of alkyl halides is 3. The van der Waals surface area contributed by atoms with Gasteiger partial charge in [-0.1, -0.05) is 18.2 Å². The van der Waals surface area contributed by atoms with Gasteiger partial charge in [0.15, 0.2) is 6.61 Å². The van der Waals surface area contributed by atoms with Gasteiger partial charge in [0.1, 0.15) is 24.2 Å². The number of rotatable bonds is 6. The molecule has 0 atom stereocenters. The Bertz CT molecular complexity index is 1290. The standard InChI is InChI=1S/C29H32F3N3O6/c1-19(36)33-14-10-22(11-15-33)41-23-6-7-24(26(16-23)40-18-29(30,31)32)27(37)34-12-8-21(9-13-34)35-25-5-3-2-4-20(25)17-39-28(35)38/h2-7,16,21-22H,8-15,17-18H2,1H3. The number of cyclic esters (lactones) is 1. The topological polar surface area (TPSA) is 88.6 Å². The number of halogens is 3. The molecule has 2 aromatic carbocycles. The molecule has 0 bridgehead atoms. The minimum atomic E-state index is -4.59. The lowest BCUT2D eigenvalue weighted by molar-refractivity contribution is -0.153. The molecule has 3 aliphatic heterocycles. The summed E-state index contributed by atoms with van der Waals surface area (Å²) < 4.78 is 55.5. The normalized spacial score (nSPS) is 18.5. The number of anilines is 1. The highest BCUT2D eigenvalue weighted by molar-refractivity contribution is 5.97. The maximum atomic E-state index is 13.5. The van der Waals surface area contributed by atoms with Gasteiger partial charge in [0.2, 0.25) is 5.91 Å². The summed E-state index contributed by atoms with van der Waals surface area (Å²) >= 11 is 0. The van der Waals surface area contributed by atoms with E-state index in [9.17, 15) is 27.6 Å². The fraction of sp³-hybridized carbons (Fsp3) is 0.483. The molecule has 12 heteroatoms. The Morgan fingerprint density at radius 3 is 2.34 bits per heavy atom. The van der Waals surface area contributed by atoms with Gasteiger partial charge in [0, 0.05) is 63.6 Å². The molecule has 3 aliphatic rings. The average molecular weight is 576 g/mol. The van der Waals surface area contributed by atoms with Gasteiger partial charge < -0.3 is 24.0 Å². The van der Waals surface area contributed by atoms with Gasteiger partial charge in [-0.05, 0) is 31.0 Å². The molecular weight excluding hydrogens is 543 g/mol. The van der Waals surface area contributed by atoms with Gasteiger partial charge in [0.25, 0.3) is 5.91 Å². The highest BCUT2D eigenvalue weighted by Crippen LogP contribution is 2.34. The van der Waals surface area contributed by atoms with Gasteiger partial charge in [-0.15, -0.1) is 0 Å². The number of likely N-dealkylation sites (tertiary alicyclic amines) is 2. The highest BCUT2D eigenvalue weighted by Gasteiger charge is 2.36. The first-order valence-electron chi connectivity index (χ1n) is 13.7. The molecule has 220 valence electrons. The summed E-state index contributed by atoms with van der Waals surface area (Å²) in [6.07, 6.45) is -3.10. The third-order valence-corrected chi connectivity index (χ3v) is 7.68. The number of nitrogens with zero attached hydrogens (tertiary/aromatic N) is 3. The van der Waals surface area contributed by atoms with Crippen LogP contribution in [0.25, 0.3) is 0 Å². The highest BCUT2D eigenvalue weighted by atomic mass is 19.4. The second-order valence-electron chi connectivity index (χ2n) is 10.5. The number of carbonyl (C=O) groups is 3. The summed E-state index contributed by atoms with van der Waals surface area (Å²) in [6.45, 7) is 1.84. The van der Waals surface area contributed by atoms with Gasteiger partial charge in [0.05, 0.1) is 11.3 Å². The first-order valence-corrected chi connectivity index (χ1v) is 13.7. The van der Waals surface area contributed by atoms with Gasteiger partial charge in [-0.2, -0.15) is 13.2 Å². The molecule has 0 aliphatic carbocycles. The van der Waals surface area contributed by atoms with E-state index in [0.717, 1.165) is 11.3 Å². The number of benzene rings is 2. The van der Waals surface area contributed by atoms with Crippen LogP contribution < -0.4 is 14.4 Å². The van der Waals surface area contributed by atoms with Crippen molar-refractivity contribution in [1.29, 1.82) is 0 Å². The van der Waals surface area contributed by atoms with Crippen molar-refractivity contribution in [2.24, 2.45) is 0 Å². The lowest BCUT2D eigenvalue weighted by Crippen LogP contribution is -2.50. The number of para-hydroxylation sites is 1. The largest absolute Gasteiger partial charge is 0.490 e. The summed E-state index contributed by atoms with van der Waals surface area (Å²) in [5, 5.41) is 0. The maximum absolute atomic E-state index is 13.5. The van der Waals surface area contributed by atoms with Crippen LogP contribution in [0.2, 0.25) is 0 Å². The fourth-order valence-electron chi connectivity index (χ4n) is 5.53. The summed E-state index contributed by atoms with van der Waals surface area (Å²) in [7, 11) is 0. The quantitative estimate of drug-likeness (QED) is 0.493. The first-order chi connectivity index (χ1) is 19.6. The van der Waals surface area contributed by atoms with E-state index in [0.29, 0.717) is 57.6 Å². The van der Waals surface area contributed by atoms with Crippen LogP contribution >= 0.6 is 0 Å². The van der Waals surface area contributed by atoms with Crippen LogP contribution in [0.3, 0.4) is 0 Å². The van der Waals surface area contributed by atoms with Crippen LogP contribution in [0, 0.1) is 0 Å². The van der Waals surface area contributed by atoms with Crippen molar-refractivity contribution in [2.45, 2.75) is 57.5 Å². The minimum Gasteiger partial charge on any atom is -0.490 e. The Kier molecular flexibility index (Phi) is 8.27. The lowest BCUT2D eigenvalue weighted by Gasteiger charge is -2.40. The monoisotopic (exact) mass is 575 g/mol. The van der Waals surface area contributed by atoms with Gasteiger partial charge in [-0.3, -0.25) is 14.5 Å². The van der Waals surface area contributed by atoms with E-state index in [1.54, 1.807) is 20.8 Å². The smallest absolute Gasteiger partial charge is 0.422 e. The van der Waals surface area contributed by atoms with Crippen LogP contribution in [0.1, 0.15) is 48.5 Å². The summed E-state index contributed by atoms with van der Waals surface area (Å²) in [6, 6.07) is 11.6. The lowest BCUT2D eigenvalue weighted by atomic mass is 10.00. The van der Waals surface area contributed by atoms with Crippen molar-refractivity contribution in [1.82, 2.24) is 9.80 Å². The molecular formula is C29H32F3N3O6. The molecule has 2 fully saturated rings. The van der Waals surface area contributed by atoms with Crippen LogP contribution in [0.4, 0.5) is 23.7 Å². The predicted molar refractivity (Wildman–Crippen MR) is 142 cm³/mol. The van der Waals surface area contributed by atoms with E-state index < -0.39 is 24.8 Å². The predicted octanol–water partition coefficient (Wildman–Crippen LogP) is 4.78. The zero-order chi connectivity index (χ0) is 29.1. The Balaban J connectivity index is 1.27. The van der Waals surface area contributed by atoms with Gasteiger partial charge >= 0.3 is 12.3 Å². The fourth-order valence-corrected chi connectivity index (χ4v) is 5.53. The number of piperidine rings is 2. The van der Waals surface area contributed by atoms with Crippen molar-refractivity contribution in [3.05, 3.63) is 53.6 Å². The second-order valence-corrected chi connectivity index (χ2v) is 10.5. The Hall–Kier alpha value is -3.96. The first kappa shape index (κ1) is 28.6. The number of amides is 3. The van der Waals surface area contributed by atoms with Gasteiger partial charge in [-0.25, -0.2) is 4.79 Å². The number of carbonyl (C=O) groups excluding carboxylic acids is 3. The average Bonchev–Trinajstić information content (AvgIpc) is 2.96. The van der Waals surface area contributed by atoms with Crippen molar-refractivity contribution in [3.8, 4) is 11.5 Å². The van der Waals surface area contributed by atoms with Crippen molar-refractivity contribution in [2.75, 3.05) is 37.7 Å². The van der Waals surface area contributed by atoms with Crippen molar-refractivity contribution < 1.29 is 41.8 Å². The number of ether oxygens (including phenoxy) is 3. The second kappa shape index (κ2) is 11.9. The van der Waals surface area contributed by atoms with Crippen LogP contribution in [-0.2, 0) is 16.1 Å². The third-order valence-electron chi connectivity index (χ3n) is 7.68. The summed E-state index contributed by atoms with van der Waals surface area (Å²) in [5.41, 5.74) is 1.71. The van der Waals surface area contributed by atoms with E-state index in [2.05, 4.69) is 0 Å². The van der Waals surface area contributed by atoms with Crippen LogP contribution in [-0.4, -0.2) is 78.8 Å². The number of hydrogen-bond donors (Lipinski definition) is 0. The SMILES string of the molecule is CC(=O)N1CCC(Oc2ccc(C(=O)N3CCC(N4C(=O)OCc5ccccc54)CC3)c(OCC(F)(F)F)c2)CC1. The summed E-state index contributed by atoms with van der Waals surface area (Å²) in [4.78, 5) is 42.6. The summed E-state index contributed by atoms with van der Waals surface area (Å²) in [5.74, 6) is -0.384. The molecule has 0 radical (unpaired) electrons. The molecule has 3 amide bonds. The molecule has 0 spiro atoms. The molecule has 0 N–H and O–H groups in total. The molecule has 2 aromatic rings. The van der Waals surface area contributed by atoms with Crippen molar-refractivity contribution >= 4 is 23.6 Å². The third kappa shape index (κ3) is 6.68. The molecule has 9 nitrogen and oxygen atoms in total. The minimum absolute atomic E-state index is 0.00850. The Morgan fingerprint density at radius 2 is 1.66 bits per heavy atom. The number of hydrogen-bond acceptors (Lipinski definition) is 6. The number of fused-ring (bicyclic) bond motifs is 1.